The van der Waals surface area contributed by atoms with Gasteiger partial charge in [-0.3, -0.25) is 0 Å². The van der Waals surface area contributed by atoms with Crippen LogP contribution in [-0.4, -0.2) is 9.97 Å². The SMILES string of the molecule is Nc1nc(N)c2c(OC3CCc4c(F)cccc43)cccc2n1. The molecule has 116 valence electrons. The van der Waals surface area contributed by atoms with Crippen LogP contribution in [0.15, 0.2) is 36.4 Å². The molecule has 0 saturated carbocycles. The van der Waals surface area contributed by atoms with Crippen molar-refractivity contribution in [3.63, 3.8) is 0 Å². The van der Waals surface area contributed by atoms with E-state index in [-0.39, 0.29) is 23.7 Å². The standard InChI is InChI=1S/C17H15FN4O/c18-11-4-1-3-10-9(11)7-8-13(10)23-14-6-2-5-12-15(14)16(19)22-17(20)21-12/h1-6,13H,7-8H2,(H4,19,20,21,22). The first-order chi connectivity index (χ1) is 11.1. The number of ether oxygens (including phenoxy) is 1. The number of anilines is 2. The lowest BCUT2D eigenvalue weighted by Crippen LogP contribution is -2.06. The summed E-state index contributed by atoms with van der Waals surface area (Å²) in [6, 6.07) is 10.5. The largest absolute Gasteiger partial charge is 0.485 e. The van der Waals surface area contributed by atoms with Crippen molar-refractivity contribution >= 4 is 22.7 Å². The minimum absolute atomic E-state index is 0.125. The average Bonchev–Trinajstić information content (AvgIpc) is 2.91. The normalized spacial score (nSPS) is 16.5. The summed E-state index contributed by atoms with van der Waals surface area (Å²) in [4.78, 5) is 8.18. The molecule has 0 aliphatic heterocycles. The summed E-state index contributed by atoms with van der Waals surface area (Å²) in [5.41, 5.74) is 13.9. The van der Waals surface area contributed by atoms with Crippen molar-refractivity contribution < 1.29 is 9.13 Å². The van der Waals surface area contributed by atoms with Gasteiger partial charge >= 0.3 is 0 Å². The molecule has 1 atom stereocenters. The summed E-state index contributed by atoms with van der Waals surface area (Å²) < 4.78 is 20.0. The van der Waals surface area contributed by atoms with E-state index < -0.39 is 0 Å². The summed E-state index contributed by atoms with van der Waals surface area (Å²) in [6.45, 7) is 0. The Labute approximate surface area is 132 Å². The highest BCUT2D eigenvalue weighted by Crippen LogP contribution is 2.39. The molecule has 3 aromatic rings. The Morgan fingerprint density at radius 3 is 2.78 bits per heavy atom. The molecule has 5 nitrogen and oxygen atoms in total. The highest BCUT2D eigenvalue weighted by atomic mass is 19.1. The predicted molar refractivity (Wildman–Crippen MR) is 86.5 cm³/mol. The number of hydrogen-bond acceptors (Lipinski definition) is 5. The molecule has 0 spiro atoms. The van der Waals surface area contributed by atoms with Crippen LogP contribution in [-0.2, 0) is 6.42 Å². The molecule has 1 aromatic heterocycles. The van der Waals surface area contributed by atoms with E-state index in [9.17, 15) is 4.39 Å². The Kier molecular flexibility index (Phi) is 3.04. The predicted octanol–water partition coefficient (Wildman–Crippen LogP) is 3.00. The maximum atomic E-state index is 13.9. The van der Waals surface area contributed by atoms with Crippen molar-refractivity contribution in [1.29, 1.82) is 0 Å². The third-order valence-corrected chi connectivity index (χ3v) is 4.16. The minimum Gasteiger partial charge on any atom is -0.485 e. The smallest absolute Gasteiger partial charge is 0.222 e. The third-order valence-electron chi connectivity index (χ3n) is 4.16. The van der Waals surface area contributed by atoms with Gasteiger partial charge in [0.25, 0.3) is 0 Å². The third kappa shape index (κ3) is 2.23. The molecule has 0 amide bonds. The Morgan fingerprint density at radius 1 is 1.09 bits per heavy atom. The Hall–Kier alpha value is -2.89. The molecule has 4 rings (SSSR count). The number of nitrogens with zero attached hydrogens (tertiary/aromatic N) is 2. The maximum absolute atomic E-state index is 13.9. The van der Waals surface area contributed by atoms with Crippen LogP contribution < -0.4 is 16.2 Å². The lowest BCUT2D eigenvalue weighted by molar-refractivity contribution is 0.210. The molecule has 23 heavy (non-hydrogen) atoms. The van der Waals surface area contributed by atoms with Gasteiger partial charge in [-0.1, -0.05) is 18.2 Å². The van der Waals surface area contributed by atoms with Crippen LogP contribution in [0.1, 0.15) is 23.7 Å². The second-order valence-corrected chi connectivity index (χ2v) is 5.57. The van der Waals surface area contributed by atoms with Crippen molar-refractivity contribution in [2.75, 3.05) is 11.5 Å². The topological polar surface area (TPSA) is 87.0 Å². The summed E-state index contributed by atoms with van der Waals surface area (Å²) >= 11 is 0. The number of nitrogen functional groups attached to an aromatic ring is 2. The summed E-state index contributed by atoms with van der Waals surface area (Å²) in [5, 5.41) is 0.631. The lowest BCUT2D eigenvalue weighted by atomic mass is 10.1. The molecule has 1 aliphatic rings. The van der Waals surface area contributed by atoms with Gasteiger partial charge in [-0.15, -0.1) is 0 Å². The van der Waals surface area contributed by atoms with Gasteiger partial charge in [-0.25, -0.2) is 9.37 Å². The number of fused-ring (bicyclic) bond motifs is 2. The van der Waals surface area contributed by atoms with Gasteiger partial charge in [0.05, 0.1) is 10.9 Å². The zero-order chi connectivity index (χ0) is 16.0. The van der Waals surface area contributed by atoms with E-state index in [1.165, 1.54) is 6.07 Å². The van der Waals surface area contributed by atoms with Crippen LogP contribution in [0.2, 0.25) is 0 Å². The van der Waals surface area contributed by atoms with Gasteiger partial charge in [0, 0.05) is 0 Å². The number of aromatic nitrogens is 2. The fourth-order valence-corrected chi connectivity index (χ4v) is 3.14. The Bertz CT molecular complexity index is 912. The van der Waals surface area contributed by atoms with E-state index in [1.807, 2.05) is 18.2 Å². The maximum Gasteiger partial charge on any atom is 0.222 e. The number of halogens is 1. The molecule has 4 N–H and O–H groups in total. The molecule has 0 fully saturated rings. The van der Waals surface area contributed by atoms with Crippen LogP contribution in [0.4, 0.5) is 16.2 Å². The monoisotopic (exact) mass is 310 g/mol. The van der Waals surface area contributed by atoms with Gasteiger partial charge in [-0.05, 0) is 42.2 Å². The second-order valence-electron chi connectivity index (χ2n) is 5.57. The quantitative estimate of drug-likeness (QED) is 0.760. The van der Waals surface area contributed by atoms with E-state index in [0.717, 1.165) is 17.5 Å². The van der Waals surface area contributed by atoms with Gasteiger partial charge in [-0.2, -0.15) is 4.98 Å². The van der Waals surface area contributed by atoms with Gasteiger partial charge < -0.3 is 16.2 Å². The van der Waals surface area contributed by atoms with Crippen LogP contribution in [0, 0.1) is 5.82 Å². The van der Waals surface area contributed by atoms with Crippen molar-refractivity contribution in [1.82, 2.24) is 9.97 Å². The highest BCUT2D eigenvalue weighted by Gasteiger charge is 2.27. The molecular formula is C17H15FN4O. The second kappa shape index (κ2) is 5.08. The minimum atomic E-state index is -0.205. The lowest BCUT2D eigenvalue weighted by Gasteiger charge is -2.17. The molecule has 1 heterocycles. The Balaban J connectivity index is 1.77. The van der Waals surface area contributed by atoms with E-state index in [2.05, 4.69) is 9.97 Å². The molecule has 1 aliphatic carbocycles. The molecule has 0 saturated heterocycles. The van der Waals surface area contributed by atoms with E-state index in [0.29, 0.717) is 23.1 Å². The van der Waals surface area contributed by atoms with Gasteiger partial charge in [0.1, 0.15) is 23.5 Å². The number of benzene rings is 2. The van der Waals surface area contributed by atoms with Crippen LogP contribution >= 0.6 is 0 Å². The molecule has 1 unspecified atom stereocenters. The van der Waals surface area contributed by atoms with Crippen molar-refractivity contribution in [2.45, 2.75) is 18.9 Å². The van der Waals surface area contributed by atoms with Crippen LogP contribution in [0.25, 0.3) is 10.9 Å². The van der Waals surface area contributed by atoms with E-state index in [4.69, 9.17) is 16.2 Å². The molecule has 0 radical (unpaired) electrons. The summed E-state index contributed by atoms with van der Waals surface area (Å²) in [7, 11) is 0. The van der Waals surface area contributed by atoms with Gasteiger partial charge in [0.15, 0.2) is 0 Å². The average molecular weight is 310 g/mol. The summed E-state index contributed by atoms with van der Waals surface area (Å²) in [5.74, 6) is 0.810. The van der Waals surface area contributed by atoms with Gasteiger partial charge in [0.2, 0.25) is 5.95 Å². The van der Waals surface area contributed by atoms with Crippen LogP contribution in [0.5, 0.6) is 5.75 Å². The van der Waals surface area contributed by atoms with Crippen molar-refractivity contribution in [3.05, 3.63) is 53.3 Å². The Morgan fingerprint density at radius 2 is 1.91 bits per heavy atom. The summed E-state index contributed by atoms with van der Waals surface area (Å²) in [6.07, 6.45) is 1.18. The number of rotatable bonds is 2. The number of nitrogens with two attached hydrogens (primary N) is 2. The fraction of sp³-hybridized carbons (Fsp3) is 0.176. The highest BCUT2D eigenvalue weighted by molar-refractivity contribution is 5.94. The molecular weight excluding hydrogens is 295 g/mol. The first kappa shape index (κ1) is 13.8. The number of hydrogen-bond donors (Lipinski definition) is 2. The first-order valence-electron chi connectivity index (χ1n) is 7.39. The fourth-order valence-electron chi connectivity index (χ4n) is 3.14. The van der Waals surface area contributed by atoms with E-state index >= 15 is 0 Å². The molecule has 6 heteroatoms. The zero-order valence-electron chi connectivity index (χ0n) is 12.3. The zero-order valence-corrected chi connectivity index (χ0v) is 12.3. The van der Waals surface area contributed by atoms with Crippen LogP contribution in [0.3, 0.4) is 0 Å². The van der Waals surface area contributed by atoms with Crippen molar-refractivity contribution in [2.24, 2.45) is 0 Å². The molecule has 2 aromatic carbocycles. The molecule has 0 bridgehead atoms. The first-order valence-corrected chi connectivity index (χ1v) is 7.39. The van der Waals surface area contributed by atoms with Crippen molar-refractivity contribution in [3.8, 4) is 5.75 Å². The van der Waals surface area contributed by atoms with E-state index in [1.54, 1.807) is 12.1 Å².